The zero-order valence-corrected chi connectivity index (χ0v) is 16.2. The number of carbonyl (C=O) groups excluding carboxylic acids is 1. The van der Waals surface area contributed by atoms with Crippen molar-refractivity contribution in [1.29, 1.82) is 0 Å². The number of nitrogens with one attached hydrogen (secondary N) is 1. The van der Waals surface area contributed by atoms with Crippen molar-refractivity contribution in [2.24, 2.45) is 0 Å². The quantitative estimate of drug-likeness (QED) is 0.644. The minimum absolute atomic E-state index is 0.111. The molecule has 0 aliphatic rings. The van der Waals surface area contributed by atoms with E-state index < -0.39 is 0 Å². The molecule has 0 saturated carbocycles. The number of amides is 1. The van der Waals surface area contributed by atoms with E-state index >= 15 is 0 Å². The van der Waals surface area contributed by atoms with Gasteiger partial charge < -0.3 is 19.3 Å². The highest BCUT2D eigenvalue weighted by Gasteiger charge is 2.13. The minimum atomic E-state index is -0.111. The molecule has 2 aromatic carbocycles. The van der Waals surface area contributed by atoms with Gasteiger partial charge in [0.05, 0.1) is 14.2 Å². The van der Waals surface area contributed by atoms with Gasteiger partial charge in [0.2, 0.25) is 17.6 Å². The highest BCUT2D eigenvalue weighted by molar-refractivity contribution is 5.76. The Morgan fingerprint density at radius 1 is 1.11 bits per heavy atom. The van der Waals surface area contributed by atoms with Crippen LogP contribution in [0.5, 0.6) is 11.5 Å². The second kappa shape index (κ2) is 9.03. The summed E-state index contributed by atoms with van der Waals surface area (Å²) in [6, 6.07) is 13.4. The number of carbonyl (C=O) groups is 1. The third kappa shape index (κ3) is 4.49. The van der Waals surface area contributed by atoms with Crippen LogP contribution in [0, 0.1) is 6.92 Å². The first-order valence-corrected chi connectivity index (χ1v) is 8.97. The lowest BCUT2D eigenvalue weighted by molar-refractivity contribution is -0.121. The van der Waals surface area contributed by atoms with Crippen molar-refractivity contribution in [2.45, 2.75) is 26.3 Å². The minimum Gasteiger partial charge on any atom is -0.493 e. The molecule has 1 amide bonds. The number of hydrogen-bond acceptors (Lipinski definition) is 6. The average Bonchev–Trinajstić information content (AvgIpc) is 3.19. The van der Waals surface area contributed by atoms with Crippen molar-refractivity contribution in [2.75, 3.05) is 14.2 Å². The molecule has 3 aromatic rings. The van der Waals surface area contributed by atoms with Crippen LogP contribution in [0.25, 0.3) is 11.4 Å². The Labute approximate surface area is 163 Å². The third-order valence-electron chi connectivity index (χ3n) is 4.38. The molecule has 0 atom stereocenters. The maximum atomic E-state index is 12.2. The number of para-hydroxylation sites is 1. The largest absolute Gasteiger partial charge is 0.493 e. The van der Waals surface area contributed by atoms with E-state index in [9.17, 15) is 4.79 Å². The maximum Gasteiger partial charge on any atom is 0.227 e. The van der Waals surface area contributed by atoms with Gasteiger partial charge in [-0.3, -0.25) is 4.79 Å². The summed E-state index contributed by atoms with van der Waals surface area (Å²) in [6.45, 7) is 2.34. The van der Waals surface area contributed by atoms with Gasteiger partial charge in [0, 0.05) is 30.5 Å². The maximum absolute atomic E-state index is 12.2. The number of ether oxygens (including phenoxy) is 2. The molecule has 3 rings (SSSR count). The normalized spacial score (nSPS) is 10.5. The standard InChI is InChI=1S/C21H23N3O4/c1-14-7-4-5-9-16(14)21-23-19(28-24-21)12-11-18(25)22-13-15-8-6-10-17(26-2)20(15)27-3/h4-10H,11-13H2,1-3H3,(H,22,25). The lowest BCUT2D eigenvalue weighted by Gasteiger charge is -2.13. The van der Waals surface area contributed by atoms with Crippen molar-refractivity contribution in [1.82, 2.24) is 15.5 Å². The number of rotatable bonds is 8. The van der Waals surface area contributed by atoms with E-state index in [0.717, 1.165) is 16.7 Å². The molecule has 146 valence electrons. The van der Waals surface area contributed by atoms with Crippen LogP contribution >= 0.6 is 0 Å². The number of benzene rings is 2. The van der Waals surface area contributed by atoms with Crippen molar-refractivity contribution in [3.05, 3.63) is 59.5 Å². The Hall–Kier alpha value is -3.35. The van der Waals surface area contributed by atoms with Crippen LogP contribution in [0.1, 0.15) is 23.4 Å². The summed E-state index contributed by atoms with van der Waals surface area (Å²) in [5, 5.41) is 6.89. The Kier molecular flexibility index (Phi) is 6.26. The van der Waals surface area contributed by atoms with E-state index in [2.05, 4.69) is 15.5 Å². The van der Waals surface area contributed by atoms with Crippen LogP contribution in [0.2, 0.25) is 0 Å². The second-order valence-corrected chi connectivity index (χ2v) is 6.26. The summed E-state index contributed by atoms with van der Waals surface area (Å²) in [6.07, 6.45) is 0.627. The van der Waals surface area contributed by atoms with Crippen LogP contribution in [-0.4, -0.2) is 30.3 Å². The molecule has 1 heterocycles. The molecule has 0 aliphatic heterocycles. The summed E-state index contributed by atoms with van der Waals surface area (Å²) >= 11 is 0. The van der Waals surface area contributed by atoms with Crippen molar-refractivity contribution >= 4 is 5.91 Å². The predicted molar refractivity (Wildman–Crippen MR) is 104 cm³/mol. The average molecular weight is 381 g/mol. The SMILES string of the molecule is COc1cccc(CNC(=O)CCc2nc(-c3ccccc3C)no2)c1OC. The lowest BCUT2D eigenvalue weighted by atomic mass is 10.1. The first kappa shape index (κ1) is 19.4. The fourth-order valence-electron chi connectivity index (χ4n) is 2.89. The van der Waals surface area contributed by atoms with Gasteiger partial charge in [-0.05, 0) is 18.6 Å². The van der Waals surface area contributed by atoms with Crippen molar-refractivity contribution < 1.29 is 18.8 Å². The van der Waals surface area contributed by atoms with Gasteiger partial charge in [0.1, 0.15) is 0 Å². The molecule has 0 spiro atoms. The summed E-state index contributed by atoms with van der Waals surface area (Å²) in [7, 11) is 3.15. The van der Waals surface area contributed by atoms with E-state index in [4.69, 9.17) is 14.0 Å². The van der Waals surface area contributed by atoms with Gasteiger partial charge in [-0.15, -0.1) is 0 Å². The molecule has 0 fully saturated rings. The van der Waals surface area contributed by atoms with Crippen molar-refractivity contribution in [3.8, 4) is 22.9 Å². The molecule has 28 heavy (non-hydrogen) atoms. The third-order valence-corrected chi connectivity index (χ3v) is 4.38. The van der Waals surface area contributed by atoms with E-state index in [1.807, 2.05) is 49.4 Å². The number of aryl methyl sites for hydroxylation is 2. The van der Waals surface area contributed by atoms with Gasteiger partial charge in [-0.1, -0.05) is 41.6 Å². The Morgan fingerprint density at radius 2 is 1.93 bits per heavy atom. The number of aromatic nitrogens is 2. The van der Waals surface area contributed by atoms with Crippen LogP contribution in [0.4, 0.5) is 0 Å². The summed E-state index contributed by atoms with van der Waals surface area (Å²) in [5.41, 5.74) is 2.83. The van der Waals surface area contributed by atoms with Gasteiger partial charge >= 0.3 is 0 Å². The zero-order chi connectivity index (χ0) is 19.9. The Bertz CT molecular complexity index is 952. The highest BCUT2D eigenvalue weighted by atomic mass is 16.5. The fraction of sp³-hybridized carbons (Fsp3) is 0.286. The predicted octanol–water partition coefficient (Wildman–Crippen LogP) is 3.31. The van der Waals surface area contributed by atoms with Crippen molar-refractivity contribution in [3.63, 3.8) is 0 Å². The Balaban J connectivity index is 1.55. The van der Waals surface area contributed by atoms with Gasteiger partial charge in [0.25, 0.3) is 0 Å². The van der Waals surface area contributed by atoms with Crippen LogP contribution in [-0.2, 0) is 17.8 Å². The molecule has 0 aliphatic carbocycles. The first-order chi connectivity index (χ1) is 13.6. The van der Waals surface area contributed by atoms with Crippen LogP contribution in [0.3, 0.4) is 0 Å². The summed E-state index contributed by atoms with van der Waals surface area (Å²) in [4.78, 5) is 16.6. The zero-order valence-electron chi connectivity index (χ0n) is 16.2. The van der Waals surface area contributed by atoms with Gasteiger partial charge in [-0.25, -0.2) is 0 Å². The summed E-state index contributed by atoms with van der Waals surface area (Å²) in [5.74, 6) is 2.11. The molecule has 7 nitrogen and oxygen atoms in total. The lowest BCUT2D eigenvalue weighted by Crippen LogP contribution is -2.23. The first-order valence-electron chi connectivity index (χ1n) is 8.97. The fourth-order valence-corrected chi connectivity index (χ4v) is 2.89. The number of methoxy groups -OCH3 is 2. The highest BCUT2D eigenvalue weighted by Crippen LogP contribution is 2.30. The van der Waals surface area contributed by atoms with E-state index in [-0.39, 0.29) is 12.3 Å². The molecular weight excluding hydrogens is 358 g/mol. The molecule has 0 radical (unpaired) electrons. The number of nitrogens with zero attached hydrogens (tertiary/aromatic N) is 2. The molecule has 0 saturated heterocycles. The van der Waals surface area contributed by atoms with E-state index in [1.165, 1.54) is 0 Å². The van der Waals surface area contributed by atoms with E-state index in [0.29, 0.717) is 36.2 Å². The molecule has 1 aromatic heterocycles. The molecule has 1 N–H and O–H groups in total. The van der Waals surface area contributed by atoms with Crippen LogP contribution < -0.4 is 14.8 Å². The van der Waals surface area contributed by atoms with Crippen LogP contribution in [0.15, 0.2) is 47.0 Å². The Morgan fingerprint density at radius 3 is 2.68 bits per heavy atom. The molecule has 0 bridgehead atoms. The number of hydrogen-bond donors (Lipinski definition) is 1. The molecule has 0 unspecified atom stereocenters. The van der Waals surface area contributed by atoms with Gasteiger partial charge in [0.15, 0.2) is 11.5 Å². The molecule has 7 heteroatoms. The summed E-state index contributed by atoms with van der Waals surface area (Å²) < 4.78 is 15.9. The smallest absolute Gasteiger partial charge is 0.227 e. The molecular formula is C21H23N3O4. The van der Waals surface area contributed by atoms with E-state index in [1.54, 1.807) is 14.2 Å². The topological polar surface area (TPSA) is 86.5 Å². The monoisotopic (exact) mass is 381 g/mol. The second-order valence-electron chi connectivity index (χ2n) is 6.26. The van der Waals surface area contributed by atoms with Gasteiger partial charge in [-0.2, -0.15) is 4.98 Å².